The van der Waals surface area contributed by atoms with Crippen molar-refractivity contribution >= 4 is 28.2 Å². The Morgan fingerprint density at radius 3 is 2.57 bits per heavy atom. The fourth-order valence-corrected chi connectivity index (χ4v) is 2.51. The third-order valence-corrected chi connectivity index (χ3v) is 3.45. The minimum Gasteiger partial charge on any atom is -0.392 e. The number of rotatable bonds is 4. The highest BCUT2D eigenvalue weighted by atomic mass is 32.1. The van der Waals surface area contributed by atoms with Crippen LogP contribution in [0.15, 0.2) is 48.5 Å². The van der Waals surface area contributed by atoms with Crippen molar-refractivity contribution in [3.63, 3.8) is 0 Å². The summed E-state index contributed by atoms with van der Waals surface area (Å²) < 4.78 is 15.0. The van der Waals surface area contributed by atoms with Gasteiger partial charge in [-0.15, -0.1) is 0 Å². The van der Waals surface area contributed by atoms with Crippen LogP contribution in [0.1, 0.15) is 11.4 Å². The second kappa shape index (κ2) is 5.61. The Labute approximate surface area is 127 Å². The van der Waals surface area contributed by atoms with Crippen molar-refractivity contribution in [2.24, 2.45) is 5.73 Å². The Bertz CT molecular complexity index is 793. The number of halogens is 1. The van der Waals surface area contributed by atoms with Gasteiger partial charge in [0, 0.05) is 6.42 Å². The lowest BCUT2D eigenvalue weighted by atomic mass is 10.1. The molecule has 2 N–H and O–H groups in total. The van der Waals surface area contributed by atoms with E-state index < -0.39 is 0 Å². The first-order chi connectivity index (χ1) is 10.1. The lowest BCUT2D eigenvalue weighted by Gasteiger charge is -2.08. The van der Waals surface area contributed by atoms with Crippen molar-refractivity contribution in [3.05, 3.63) is 65.7 Å². The summed E-state index contributed by atoms with van der Waals surface area (Å²) in [5.74, 6) is 0.631. The number of imidazole rings is 1. The first-order valence-corrected chi connectivity index (χ1v) is 7.01. The maximum absolute atomic E-state index is 13.0. The zero-order valence-corrected chi connectivity index (χ0v) is 12.1. The van der Waals surface area contributed by atoms with Gasteiger partial charge in [-0.05, 0) is 29.8 Å². The summed E-state index contributed by atoms with van der Waals surface area (Å²) in [4.78, 5) is 5.05. The maximum atomic E-state index is 13.0. The van der Waals surface area contributed by atoms with Gasteiger partial charge < -0.3 is 10.3 Å². The highest BCUT2D eigenvalue weighted by Crippen LogP contribution is 2.18. The van der Waals surface area contributed by atoms with Gasteiger partial charge in [-0.2, -0.15) is 0 Å². The molecule has 3 rings (SSSR count). The molecule has 1 heterocycles. The molecule has 3 aromatic rings. The number of nitrogens with zero attached hydrogens (tertiary/aromatic N) is 2. The van der Waals surface area contributed by atoms with Crippen molar-refractivity contribution in [2.45, 2.75) is 13.0 Å². The molecule has 0 aliphatic rings. The summed E-state index contributed by atoms with van der Waals surface area (Å²) >= 11 is 5.03. The number of hydrogen-bond acceptors (Lipinski definition) is 2. The predicted molar refractivity (Wildman–Crippen MR) is 85.7 cm³/mol. The molecule has 2 aromatic carbocycles. The smallest absolute Gasteiger partial charge is 0.123 e. The first kappa shape index (κ1) is 13.7. The zero-order chi connectivity index (χ0) is 14.8. The fraction of sp³-hybridized carbons (Fsp3) is 0.125. The van der Waals surface area contributed by atoms with Crippen LogP contribution in [0.25, 0.3) is 11.0 Å². The molecule has 0 unspecified atom stereocenters. The number of fused-ring (bicyclic) bond motifs is 1. The number of thiocarbonyl (C=S) groups is 1. The van der Waals surface area contributed by atoms with Crippen molar-refractivity contribution in [2.75, 3.05) is 0 Å². The summed E-state index contributed by atoms with van der Waals surface area (Å²) in [6, 6.07) is 14.3. The molecule has 0 bridgehead atoms. The van der Waals surface area contributed by atoms with Gasteiger partial charge in [-0.25, -0.2) is 9.37 Å². The molecule has 1 aromatic heterocycles. The maximum Gasteiger partial charge on any atom is 0.123 e. The van der Waals surface area contributed by atoms with Gasteiger partial charge in [0.2, 0.25) is 0 Å². The van der Waals surface area contributed by atoms with Crippen LogP contribution in [0.2, 0.25) is 0 Å². The van der Waals surface area contributed by atoms with Gasteiger partial charge in [0.1, 0.15) is 11.6 Å². The van der Waals surface area contributed by atoms with E-state index in [4.69, 9.17) is 18.0 Å². The van der Waals surface area contributed by atoms with Crippen LogP contribution in [-0.4, -0.2) is 14.5 Å². The van der Waals surface area contributed by atoms with E-state index in [1.807, 2.05) is 28.8 Å². The van der Waals surface area contributed by atoms with E-state index in [2.05, 4.69) is 4.98 Å². The minimum absolute atomic E-state index is 0.240. The number of nitrogens with two attached hydrogens (primary N) is 1. The highest BCUT2D eigenvalue weighted by molar-refractivity contribution is 7.80. The molecule has 0 amide bonds. The van der Waals surface area contributed by atoms with Crippen LogP contribution in [0.5, 0.6) is 0 Å². The second-order valence-electron chi connectivity index (χ2n) is 4.87. The van der Waals surface area contributed by atoms with E-state index >= 15 is 0 Å². The van der Waals surface area contributed by atoms with E-state index in [1.165, 1.54) is 12.1 Å². The van der Waals surface area contributed by atoms with Gasteiger partial charge in [0.25, 0.3) is 0 Å². The van der Waals surface area contributed by atoms with Crippen LogP contribution in [0.3, 0.4) is 0 Å². The summed E-state index contributed by atoms with van der Waals surface area (Å²) in [5.41, 5.74) is 8.60. The molecule has 0 aliphatic carbocycles. The molecule has 0 radical (unpaired) electrons. The minimum atomic E-state index is -0.240. The van der Waals surface area contributed by atoms with Crippen molar-refractivity contribution in [1.29, 1.82) is 0 Å². The molecule has 5 heteroatoms. The van der Waals surface area contributed by atoms with Gasteiger partial charge in [0.05, 0.1) is 22.6 Å². The van der Waals surface area contributed by atoms with Gasteiger partial charge >= 0.3 is 0 Å². The summed E-state index contributed by atoms with van der Waals surface area (Å²) in [6.45, 7) is 0.451. The number of benzene rings is 2. The van der Waals surface area contributed by atoms with Crippen LogP contribution >= 0.6 is 12.2 Å². The first-order valence-electron chi connectivity index (χ1n) is 6.60. The Morgan fingerprint density at radius 2 is 1.86 bits per heavy atom. The van der Waals surface area contributed by atoms with Gasteiger partial charge in [-0.3, -0.25) is 0 Å². The topological polar surface area (TPSA) is 43.8 Å². The van der Waals surface area contributed by atoms with Crippen LogP contribution in [0, 0.1) is 5.82 Å². The lowest BCUT2D eigenvalue weighted by Crippen LogP contribution is -2.18. The van der Waals surface area contributed by atoms with Crippen molar-refractivity contribution in [3.8, 4) is 0 Å². The zero-order valence-electron chi connectivity index (χ0n) is 11.3. The van der Waals surface area contributed by atoms with Crippen LogP contribution in [0.4, 0.5) is 4.39 Å². The molecule has 21 heavy (non-hydrogen) atoms. The highest BCUT2D eigenvalue weighted by Gasteiger charge is 2.11. The average molecular weight is 299 g/mol. The van der Waals surface area contributed by atoms with E-state index in [-0.39, 0.29) is 5.82 Å². The largest absolute Gasteiger partial charge is 0.392 e. The normalized spacial score (nSPS) is 10.9. The molecule has 3 nitrogen and oxygen atoms in total. The molecule has 106 valence electrons. The number of para-hydroxylation sites is 2. The third kappa shape index (κ3) is 2.92. The SMILES string of the molecule is NC(=S)Cn1c(Cc2ccc(F)cc2)nc2ccccc21. The Kier molecular flexibility index (Phi) is 3.66. The Hall–Kier alpha value is -2.27. The molecule has 0 aliphatic heterocycles. The third-order valence-electron chi connectivity index (χ3n) is 3.32. The van der Waals surface area contributed by atoms with E-state index in [1.54, 1.807) is 12.1 Å². The molecular formula is C16H14FN3S. The summed E-state index contributed by atoms with van der Waals surface area (Å²) in [7, 11) is 0. The van der Waals surface area contributed by atoms with E-state index in [9.17, 15) is 4.39 Å². The molecular weight excluding hydrogens is 285 g/mol. The Morgan fingerprint density at radius 1 is 1.14 bits per heavy atom. The average Bonchev–Trinajstić information content (AvgIpc) is 2.79. The van der Waals surface area contributed by atoms with Crippen molar-refractivity contribution < 1.29 is 4.39 Å². The summed E-state index contributed by atoms with van der Waals surface area (Å²) in [5, 5.41) is 0. The second-order valence-corrected chi connectivity index (χ2v) is 5.40. The molecule has 0 saturated heterocycles. The number of aromatic nitrogens is 2. The molecule has 0 saturated carbocycles. The number of hydrogen-bond donors (Lipinski definition) is 1. The van der Waals surface area contributed by atoms with E-state index in [0.29, 0.717) is 18.0 Å². The molecule has 0 spiro atoms. The quantitative estimate of drug-likeness (QED) is 0.753. The standard InChI is InChI=1S/C16H14FN3S/c17-12-7-5-11(6-8-12)9-16-19-13-3-1-2-4-14(13)20(16)10-15(18)21/h1-8H,9-10H2,(H2,18,21). The molecule has 0 fully saturated rings. The van der Waals surface area contributed by atoms with Crippen molar-refractivity contribution in [1.82, 2.24) is 9.55 Å². The Balaban J connectivity index is 2.04. The van der Waals surface area contributed by atoms with Crippen LogP contribution in [-0.2, 0) is 13.0 Å². The van der Waals surface area contributed by atoms with Crippen LogP contribution < -0.4 is 5.73 Å². The fourth-order valence-electron chi connectivity index (χ4n) is 2.38. The predicted octanol–water partition coefficient (Wildman–Crippen LogP) is 3.05. The van der Waals surface area contributed by atoms with E-state index in [0.717, 1.165) is 22.4 Å². The summed E-state index contributed by atoms with van der Waals surface area (Å²) in [6.07, 6.45) is 0.609. The molecule has 0 atom stereocenters. The lowest BCUT2D eigenvalue weighted by molar-refractivity contribution is 0.627. The van der Waals surface area contributed by atoms with Gasteiger partial charge in [-0.1, -0.05) is 36.5 Å². The monoisotopic (exact) mass is 299 g/mol. The van der Waals surface area contributed by atoms with Gasteiger partial charge in [0.15, 0.2) is 0 Å².